The first-order valence-corrected chi connectivity index (χ1v) is 9.56. The number of rotatable bonds is 8. The van der Waals surface area contributed by atoms with Crippen LogP contribution in [0.15, 0.2) is 24.3 Å². The molecule has 0 bridgehead atoms. The molecule has 0 amide bonds. The van der Waals surface area contributed by atoms with E-state index >= 15 is 0 Å². The van der Waals surface area contributed by atoms with E-state index in [0.29, 0.717) is 5.56 Å². The first kappa shape index (κ1) is 22.5. The molecule has 0 spiro atoms. The van der Waals surface area contributed by atoms with E-state index in [4.69, 9.17) is 23.7 Å². The molecule has 0 aromatic heterocycles. The van der Waals surface area contributed by atoms with Crippen LogP contribution in [0, 0.1) is 11.8 Å². The monoisotopic (exact) mass is 434 g/mol. The van der Waals surface area contributed by atoms with Gasteiger partial charge in [-0.25, -0.2) is 0 Å². The lowest BCUT2D eigenvalue weighted by atomic mass is 9.83. The molecule has 31 heavy (non-hydrogen) atoms. The largest absolute Gasteiger partial charge is 0.502 e. The molecule has 0 saturated carbocycles. The average Bonchev–Trinajstić information content (AvgIpc) is 3.23. The van der Waals surface area contributed by atoms with Gasteiger partial charge in [0.25, 0.3) is 0 Å². The van der Waals surface area contributed by atoms with Gasteiger partial charge in [-0.3, -0.25) is 4.79 Å². The molecule has 2 aromatic rings. The molecule has 9 heteroatoms. The molecular weight excluding hydrogens is 408 g/mol. The zero-order chi connectivity index (χ0) is 22.7. The van der Waals surface area contributed by atoms with E-state index in [-0.39, 0.29) is 59.1 Å². The molecule has 2 aromatic carbocycles. The SMILES string of the molecule is COc1cc(C(=O)[C@H]2CO[C@@H](c3cc(OC)c(O)c(OC)c3)[C@H]2CO)cc(OC)c1O. The van der Waals surface area contributed by atoms with Crippen molar-refractivity contribution in [2.75, 3.05) is 41.7 Å². The normalized spacial score (nSPS) is 20.4. The summed E-state index contributed by atoms with van der Waals surface area (Å²) in [6.45, 7) is -0.231. The van der Waals surface area contributed by atoms with Crippen LogP contribution in [-0.2, 0) is 4.74 Å². The number of carbonyl (C=O) groups excluding carboxylic acids is 1. The molecule has 1 heterocycles. The summed E-state index contributed by atoms with van der Waals surface area (Å²) in [5, 5.41) is 30.3. The third-order valence-corrected chi connectivity index (χ3v) is 5.50. The second-order valence-electron chi connectivity index (χ2n) is 7.07. The summed E-state index contributed by atoms with van der Waals surface area (Å²) in [5.74, 6) is -1.26. The fourth-order valence-corrected chi connectivity index (χ4v) is 3.83. The molecular formula is C22H26O9. The minimum Gasteiger partial charge on any atom is -0.502 e. The number of phenols is 2. The van der Waals surface area contributed by atoms with E-state index in [1.165, 1.54) is 40.6 Å². The molecule has 0 radical (unpaired) electrons. The lowest BCUT2D eigenvalue weighted by molar-refractivity contribution is 0.0711. The smallest absolute Gasteiger partial charge is 0.200 e. The lowest BCUT2D eigenvalue weighted by Crippen LogP contribution is -2.26. The maximum absolute atomic E-state index is 13.3. The fourth-order valence-electron chi connectivity index (χ4n) is 3.83. The third-order valence-electron chi connectivity index (χ3n) is 5.50. The van der Waals surface area contributed by atoms with E-state index in [1.54, 1.807) is 12.1 Å². The van der Waals surface area contributed by atoms with Crippen molar-refractivity contribution in [1.82, 2.24) is 0 Å². The molecule has 1 aliphatic rings. The Kier molecular flexibility index (Phi) is 6.77. The molecule has 0 unspecified atom stereocenters. The third kappa shape index (κ3) is 4.06. The second kappa shape index (κ2) is 9.32. The number of ether oxygens (including phenoxy) is 5. The number of aromatic hydroxyl groups is 2. The predicted octanol–water partition coefficient (Wildman–Crippen LogP) is 2.31. The number of aliphatic hydroxyl groups excluding tert-OH is 1. The van der Waals surface area contributed by atoms with Crippen molar-refractivity contribution in [3.8, 4) is 34.5 Å². The highest BCUT2D eigenvalue weighted by atomic mass is 16.5. The Morgan fingerprint density at radius 1 is 0.903 bits per heavy atom. The number of Topliss-reactive ketones (excluding diaryl/α,β-unsaturated/α-hetero) is 1. The summed E-state index contributed by atoms with van der Waals surface area (Å²) in [5.41, 5.74) is 0.863. The topological polar surface area (TPSA) is 124 Å². The number of aliphatic hydroxyl groups is 1. The Bertz CT molecular complexity index is 906. The van der Waals surface area contributed by atoms with Crippen molar-refractivity contribution in [3.05, 3.63) is 35.4 Å². The van der Waals surface area contributed by atoms with Crippen molar-refractivity contribution in [1.29, 1.82) is 0 Å². The number of benzene rings is 2. The van der Waals surface area contributed by atoms with Gasteiger partial charge in [-0.05, 0) is 29.8 Å². The van der Waals surface area contributed by atoms with Gasteiger partial charge < -0.3 is 39.0 Å². The predicted molar refractivity (Wildman–Crippen MR) is 110 cm³/mol. The van der Waals surface area contributed by atoms with E-state index in [9.17, 15) is 20.1 Å². The zero-order valence-electron chi connectivity index (χ0n) is 17.7. The number of phenolic OH excluding ortho intramolecular Hbond substituents is 2. The van der Waals surface area contributed by atoms with Gasteiger partial charge in [0, 0.05) is 18.1 Å². The van der Waals surface area contributed by atoms with Crippen LogP contribution >= 0.6 is 0 Å². The summed E-state index contributed by atoms with van der Waals surface area (Å²) in [6.07, 6.45) is -0.622. The van der Waals surface area contributed by atoms with Crippen molar-refractivity contribution in [2.24, 2.45) is 11.8 Å². The Labute approximate surface area is 179 Å². The van der Waals surface area contributed by atoms with Crippen molar-refractivity contribution >= 4 is 5.78 Å². The summed E-state index contributed by atoms with van der Waals surface area (Å²) >= 11 is 0. The van der Waals surface area contributed by atoms with Crippen LogP contribution in [0.1, 0.15) is 22.0 Å². The van der Waals surface area contributed by atoms with Crippen LogP contribution in [0.25, 0.3) is 0 Å². The standard InChI is InChI=1S/C22H26O9/c1-27-15-5-11(6-16(28-2)20(15)25)19(24)14-10-31-22(13(14)9-23)12-7-17(29-3)21(26)18(8-12)30-4/h5-8,13-14,22-23,25-26H,9-10H2,1-4H3/t13-,14-,22-/m0/s1. The maximum atomic E-state index is 13.3. The Hall–Kier alpha value is -3.17. The fraction of sp³-hybridized carbons (Fsp3) is 0.409. The van der Waals surface area contributed by atoms with Gasteiger partial charge in [-0.1, -0.05) is 0 Å². The summed E-state index contributed by atoms with van der Waals surface area (Å²) < 4.78 is 26.5. The molecule has 9 nitrogen and oxygen atoms in total. The van der Waals surface area contributed by atoms with Crippen molar-refractivity contribution in [2.45, 2.75) is 6.10 Å². The van der Waals surface area contributed by atoms with Crippen LogP contribution in [0.3, 0.4) is 0 Å². The minimum absolute atomic E-state index is 0.0751. The number of hydrogen-bond donors (Lipinski definition) is 3. The number of hydrogen-bond acceptors (Lipinski definition) is 9. The van der Waals surface area contributed by atoms with Gasteiger partial charge >= 0.3 is 0 Å². The van der Waals surface area contributed by atoms with Gasteiger partial charge in [0.2, 0.25) is 11.5 Å². The van der Waals surface area contributed by atoms with Crippen LogP contribution in [0.5, 0.6) is 34.5 Å². The average molecular weight is 434 g/mol. The Balaban J connectivity index is 1.95. The quantitative estimate of drug-likeness (QED) is 0.537. The van der Waals surface area contributed by atoms with Crippen molar-refractivity contribution < 1.29 is 43.8 Å². The molecule has 1 saturated heterocycles. The van der Waals surface area contributed by atoms with Crippen LogP contribution in [0.4, 0.5) is 0 Å². The summed E-state index contributed by atoms with van der Waals surface area (Å²) in [4.78, 5) is 13.3. The lowest BCUT2D eigenvalue weighted by Gasteiger charge is -2.22. The highest BCUT2D eigenvalue weighted by Crippen LogP contribution is 2.46. The maximum Gasteiger partial charge on any atom is 0.200 e. The van der Waals surface area contributed by atoms with E-state index < -0.39 is 17.9 Å². The molecule has 0 aliphatic carbocycles. The first-order valence-electron chi connectivity index (χ1n) is 9.56. The van der Waals surface area contributed by atoms with E-state index in [0.717, 1.165) is 0 Å². The van der Waals surface area contributed by atoms with Gasteiger partial charge in [-0.15, -0.1) is 0 Å². The van der Waals surface area contributed by atoms with Gasteiger partial charge in [0.05, 0.1) is 47.1 Å². The van der Waals surface area contributed by atoms with Gasteiger partial charge in [-0.2, -0.15) is 0 Å². The first-order chi connectivity index (χ1) is 14.9. The molecule has 3 atom stereocenters. The van der Waals surface area contributed by atoms with Crippen molar-refractivity contribution in [3.63, 3.8) is 0 Å². The minimum atomic E-state index is -0.653. The molecule has 1 aliphatic heterocycles. The van der Waals surface area contributed by atoms with Crippen LogP contribution in [0.2, 0.25) is 0 Å². The van der Waals surface area contributed by atoms with Gasteiger partial charge in [0.15, 0.2) is 28.8 Å². The number of ketones is 1. The zero-order valence-corrected chi connectivity index (χ0v) is 17.7. The number of carbonyl (C=O) groups is 1. The Morgan fingerprint density at radius 2 is 1.35 bits per heavy atom. The van der Waals surface area contributed by atoms with Crippen LogP contribution < -0.4 is 18.9 Å². The molecule has 3 N–H and O–H groups in total. The molecule has 1 fully saturated rings. The van der Waals surface area contributed by atoms with Gasteiger partial charge in [0.1, 0.15) is 0 Å². The Morgan fingerprint density at radius 3 is 1.77 bits per heavy atom. The van der Waals surface area contributed by atoms with E-state index in [2.05, 4.69) is 0 Å². The highest BCUT2D eigenvalue weighted by molar-refractivity contribution is 5.99. The van der Waals surface area contributed by atoms with E-state index in [1.807, 2.05) is 0 Å². The number of methoxy groups -OCH3 is 4. The summed E-state index contributed by atoms with van der Waals surface area (Å²) in [6, 6.07) is 6.03. The molecule has 3 rings (SSSR count). The van der Waals surface area contributed by atoms with Crippen LogP contribution in [-0.4, -0.2) is 62.8 Å². The second-order valence-corrected chi connectivity index (χ2v) is 7.07. The summed E-state index contributed by atoms with van der Waals surface area (Å²) in [7, 11) is 5.57. The molecule has 168 valence electrons. The highest BCUT2D eigenvalue weighted by Gasteiger charge is 2.42.